The molecule has 88 valence electrons. The summed E-state index contributed by atoms with van der Waals surface area (Å²) in [7, 11) is 0. The van der Waals surface area contributed by atoms with E-state index >= 15 is 0 Å². The third-order valence-corrected chi connectivity index (χ3v) is 2.37. The molecule has 0 bridgehead atoms. The first-order valence-corrected chi connectivity index (χ1v) is 5.63. The van der Waals surface area contributed by atoms with Crippen molar-refractivity contribution in [2.45, 2.75) is 20.0 Å². The second-order valence-corrected chi connectivity index (χ2v) is 4.30. The number of carbonyl (C=O) groups excluding carboxylic acids is 1. The minimum atomic E-state index is -0.342. The van der Waals surface area contributed by atoms with Crippen LogP contribution in [0.2, 0.25) is 10.0 Å². The Balaban J connectivity index is 2.58. The molecule has 1 aromatic carbocycles. The number of esters is 1. The maximum absolute atomic E-state index is 11.3. The zero-order valence-electron chi connectivity index (χ0n) is 9.09. The fraction of sp³-hybridized carbons (Fsp3) is 0.364. The fourth-order valence-electron chi connectivity index (χ4n) is 1.13. The topological polar surface area (TPSA) is 38.3 Å². The molecule has 0 amide bonds. The van der Waals surface area contributed by atoms with Crippen molar-refractivity contribution in [2.24, 2.45) is 0 Å². The summed E-state index contributed by atoms with van der Waals surface area (Å²) in [6.07, 6.45) is -0.129. The van der Waals surface area contributed by atoms with E-state index in [9.17, 15) is 4.79 Å². The molecule has 0 aromatic heterocycles. The lowest BCUT2D eigenvalue weighted by atomic mass is 10.3. The SMILES string of the molecule is CC(C)OC(=O)CNc1c(Cl)cccc1Cl. The van der Waals surface area contributed by atoms with Gasteiger partial charge >= 0.3 is 5.97 Å². The van der Waals surface area contributed by atoms with Crippen molar-refractivity contribution in [1.82, 2.24) is 0 Å². The Labute approximate surface area is 105 Å². The molecule has 1 aromatic rings. The number of anilines is 1. The molecule has 0 spiro atoms. The Bertz CT molecular complexity index is 360. The second kappa shape index (κ2) is 5.97. The Morgan fingerprint density at radius 3 is 2.44 bits per heavy atom. The summed E-state index contributed by atoms with van der Waals surface area (Å²) in [5.74, 6) is -0.342. The van der Waals surface area contributed by atoms with Gasteiger partial charge in [0.15, 0.2) is 0 Å². The first-order chi connectivity index (χ1) is 7.50. The van der Waals surface area contributed by atoms with Crippen LogP contribution in [0.4, 0.5) is 5.69 Å². The molecular weight excluding hydrogens is 249 g/mol. The van der Waals surface area contributed by atoms with E-state index in [1.54, 1.807) is 32.0 Å². The van der Waals surface area contributed by atoms with Gasteiger partial charge in [-0.25, -0.2) is 0 Å². The number of hydrogen-bond acceptors (Lipinski definition) is 3. The highest BCUT2D eigenvalue weighted by Crippen LogP contribution is 2.29. The largest absolute Gasteiger partial charge is 0.462 e. The molecule has 0 heterocycles. The smallest absolute Gasteiger partial charge is 0.325 e. The molecule has 0 saturated heterocycles. The van der Waals surface area contributed by atoms with E-state index in [0.717, 1.165) is 0 Å². The lowest BCUT2D eigenvalue weighted by Crippen LogP contribution is -2.20. The van der Waals surface area contributed by atoms with Gasteiger partial charge in [0, 0.05) is 0 Å². The average molecular weight is 262 g/mol. The van der Waals surface area contributed by atoms with Crippen molar-refractivity contribution in [3.05, 3.63) is 28.2 Å². The molecular formula is C11H13Cl2NO2. The molecule has 0 unspecified atom stereocenters. The standard InChI is InChI=1S/C11H13Cl2NO2/c1-7(2)16-10(15)6-14-11-8(12)4-3-5-9(11)13/h3-5,7,14H,6H2,1-2H3. The lowest BCUT2D eigenvalue weighted by molar-refractivity contribution is -0.145. The predicted molar refractivity (Wildman–Crippen MR) is 66.2 cm³/mol. The summed E-state index contributed by atoms with van der Waals surface area (Å²) in [5, 5.41) is 3.80. The molecule has 16 heavy (non-hydrogen) atoms. The molecule has 0 atom stereocenters. The zero-order valence-corrected chi connectivity index (χ0v) is 10.6. The maximum Gasteiger partial charge on any atom is 0.325 e. The normalized spacial score (nSPS) is 10.3. The summed E-state index contributed by atoms with van der Waals surface area (Å²) in [6, 6.07) is 5.13. The minimum absolute atomic E-state index is 0.0433. The number of rotatable bonds is 4. The van der Waals surface area contributed by atoms with Gasteiger partial charge in [-0.05, 0) is 26.0 Å². The molecule has 1 N–H and O–H groups in total. The van der Waals surface area contributed by atoms with Gasteiger partial charge in [0.25, 0.3) is 0 Å². The van der Waals surface area contributed by atoms with Crippen LogP contribution in [0.1, 0.15) is 13.8 Å². The van der Waals surface area contributed by atoms with Gasteiger partial charge in [-0.3, -0.25) is 4.79 Å². The first kappa shape index (κ1) is 13.1. The zero-order chi connectivity index (χ0) is 12.1. The van der Waals surface area contributed by atoms with Gasteiger partial charge in [-0.2, -0.15) is 0 Å². The van der Waals surface area contributed by atoms with Crippen LogP contribution in [0.3, 0.4) is 0 Å². The van der Waals surface area contributed by atoms with E-state index in [1.165, 1.54) is 0 Å². The number of nitrogens with one attached hydrogen (secondary N) is 1. The number of benzene rings is 1. The number of hydrogen-bond donors (Lipinski definition) is 1. The molecule has 0 aliphatic rings. The van der Waals surface area contributed by atoms with Crippen molar-refractivity contribution >= 4 is 34.9 Å². The highest BCUT2D eigenvalue weighted by molar-refractivity contribution is 6.39. The van der Waals surface area contributed by atoms with Crippen LogP contribution < -0.4 is 5.32 Å². The third kappa shape index (κ3) is 3.91. The van der Waals surface area contributed by atoms with Gasteiger partial charge in [-0.1, -0.05) is 29.3 Å². The molecule has 5 heteroatoms. The van der Waals surface area contributed by atoms with Crippen molar-refractivity contribution in [3.63, 3.8) is 0 Å². The maximum atomic E-state index is 11.3. The van der Waals surface area contributed by atoms with Gasteiger partial charge in [-0.15, -0.1) is 0 Å². The summed E-state index contributed by atoms with van der Waals surface area (Å²) in [5.41, 5.74) is 0.548. The van der Waals surface area contributed by atoms with Crippen molar-refractivity contribution in [3.8, 4) is 0 Å². The Morgan fingerprint density at radius 2 is 1.94 bits per heavy atom. The van der Waals surface area contributed by atoms with Crippen LogP contribution in [0.25, 0.3) is 0 Å². The van der Waals surface area contributed by atoms with Gasteiger partial charge < -0.3 is 10.1 Å². The second-order valence-electron chi connectivity index (χ2n) is 3.49. The highest BCUT2D eigenvalue weighted by Gasteiger charge is 2.09. The summed E-state index contributed by atoms with van der Waals surface area (Å²) >= 11 is 11.8. The van der Waals surface area contributed by atoms with E-state index in [-0.39, 0.29) is 18.6 Å². The number of ether oxygens (including phenoxy) is 1. The van der Waals surface area contributed by atoms with Crippen molar-refractivity contribution in [2.75, 3.05) is 11.9 Å². The Hall–Kier alpha value is -0.930. The monoisotopic (exact) mass is 261 g/mol. The molecule has 3 nitrogen and oxygen atoms in total. The van der Waals surface area contributed by atoms with Crippen LogP contribution >= 0.6 is 23.2 Å². The van der Waals surface area contributed by atoms with Crippen LogP contribution in [-0.2, 0) is 9.53 Å². The number of halogens is 2. The Morgan fingerprint density at radius 1 is 1.38 bits per heavy atom. The average Bonchev–Trinajstić information content (AvgIpc) is 2.15. The first-order valence-electron chi connectivity index (χ1n) is 4.88. The number of carbonyl (C=O) groups is 1. The molecule has 0 radical (unpaired) electrons. The van der Waals surface area contributed by atoms with E-state index in [4.69, 9.17) is 27.9 Å². The van der Waals surface area contributed by atoms with Crippen LogP contribution in [-0.4, -0.2) is 18.6 Å². The van der Waals surface area contributed by atoms with E-state index in [2.05, 4.69) is 5.32 Å². The highest BCUT2D eigenvalue weighted by atomic mass is 35.5. The predicted octanol–water partition coefficient (Wildman–Crippen LogP) is 3.36. The van der Waals surface area contributed by atoms with Crippen molar-refractivity contribution in [1.29, 1.82) is 0 Å². The third-order valence-electron chi connectivity index (χ3n) is 1.74. The molecule has 0 aliphatic carbocycles. The lowest BCUT2D eigenvalue weighted by Gasteiger charge is -2.11. The minimum Gasteiger partial charge on any atom is -0.462 e. The summed E-state index contributed by atoms with van der Waals surface area (Å²) in [4.78, 5) is 11.3. The fourth-order valence-corrected chi connectivity index (χ4v) is 1.66. The molecule has 0 aliphatic heterocycles. The number of para-hydroxylation sites is 1. The Kier molecular flexibility index (Phi) is 4.90. The van der Waals surface area contributed by atoms with Crippen LogP contribution in [0, 0.1) is 0 Å². The van der Waals surface area contributed by atoms with Crippen LogP contribution in [0.15, 0.2) is 18.2 Å². The molecule has 0 saturated carbocycles. The van der Waals surface area contributed by atoms with E-state index in [1.807, 2.05) is 0 Å². The van der Waals surface area contributed by atoms with Crippen LogP contribution in [0.5, 0.6) is 0 Å². The van der Waals surface area contributed by atoms with E-state index in [0.29, 0.717) is 15.7 Å². The van der Waals surface area contributed by atoms with Gasteiger partial charge in [0.2, 0.25) is 0 Å². The van der Waals surface area contributed by atoms with Gasteiger partial charge in [0.05, 0.1) is 21.8 Å². The molecule has 1 rings (SSSR count). The van der Waals surface area contributed by atoms with E-state index < -0.39 is 0 Å². The quantitative estimate of drug-likeness (QED) is 0.845. The summed E-state index contributed by atoms with van der Waals surface area (Å²) < 4.78 is 4.96. The van der Waals surface area contributed by atoms with Crippen molar-refractivity contribution < 1.29 is 9.53 Å². The summed E-state index contributed by atoms with van der Waals surface area (Å²) in [6.45, 7) is 3.63. The molecule has 0 fully saturated rings. The van der Waals surface area contributed by atoms with Gasteiger partial charge in [0.1, 0.15) is 6.54 Å².